The molecule has 4 aromatic rings. The van der Waals surface area contributed by atoms with E-state index in [1.807, 2.05) is 43.3 Å². The van der Waals surface area contributed by atoms with Crippen molar-refractivity contribution < 1.29 is 14.7 Å². The number of H-pyrrole nitrogens is 2. The van der Waals surface area contributed by atoms with Crippen molar-refractivity contribution in [2.24, 2.45) is 0 Å². The molecular weight excluding hydrogens is 416 g/mol. The number of para-hydroxylation sites is 1. The Kier molecular flexibility index (Phi) is 5.77. The number of aromatic nitrogens is 3. The molecule has 1 unspecified atom stereocenters. The zero-order valence-corrected chi connectivity index (χ0v) is 17.5. The average molecular weight is 437 g/mol. The van der Waals surface area contributed by atoms with Gasteiger partial charge in [-0.15, -0.1) is 0 Å². The van der Waals surface area contributed by atoms with Gasteiger partial charge in [0.15, 0.2) is 0 Å². The van der Waals surface area contributed by atoms with E-state index in [-0.39, 0.29) is 18.7 Å². The maximum absolute atomic E-state index is 12.8. The van der Waals surface area contributed by atoms with Crippen LogP contribution in [0.1, 0.15) is 16.8 Å². The van der Waals surface area contributed by atoms with Crippen LogP contribution in [0.2, 0.25) is 5.02 Å². The lowest BCUT2D eigenvalue weighted by atomic mass is 10.0. The fraction of sp³-hybridized carbons (Fsp3) is 0.174. The minimum Gasteiger partial charge on any atom is -0.480 e. The summed E-state index contributed by atoms with van der Waals surface area (Å²) in [5.74, 6) is -1.47. The lowest BCUT2D eigenvalue weighted by Gasteiger charge is -2.14. The number of rotatable bonds is 7. The Morgan fingerprint density at radius 3 is 2.65 bits per heavy atom. The summed E-state index contributed by atoms with van der Waals surface area (Å²) in [6, 6.07) is 13.8. The second kappa shape index (κ2) is 8.65. The van der Waals surface area contributed by atoms with Crippen molar-refractivity contribution in [2.45, 2.75) is 25.8 Å². The number of carboxylic acids is 1. The van der Waals surface area contributed by atoms with Gasteiger partial charge >= 0.3 is 5.97 Å². The van der Waals surface area contributed by atoms with Gasteiger partial charge in [0.1, 0.15) is 6.04 Å². The largest absolute Gasteiger partial charge is 0.480 e. The number of halogens is 1. The van der Waals surface area contributed by atoms with E-state index in [2.05, 4.69) is 20.5 Å². The van der Waals surface area contributed by atoms with E-state index < -0.39 is 12.0 Å². The Bertz CT molecular complexity index is 1240. The monoisotopic (exact) mass is 436 g/mol. The standard InChI is InChI=1S/C23H21ClN4O3/c1-13-18(22(28-27-13)14-6-8-16(24)9-7-14)11-21(29)26-20(23(30)31)10-15-12-25-19-5-3-2-4-17(15)19/h2-9,12,20,25H,10-11H2,1H3,(H,26,29)(H,27,28)(H,30,31). The summed E-state index contributed by atoms with van der Waals surface area (Å²) < 4.78 is 0. The van der Waals surface area contributed by atoms with Crippen LogP contribution in [-0.2, 0) is 22.4 Å². The molecule has 2 aromatic heterocycles. The van der Waals surface area contributed by atoms with Crippen LogP contribution in [0.4, 0.5) is 0 Å². The summed E-state index contributed by atoms with van der Waals surface area (Å²) in [6.45, 7) is 1.83. The molecular formula is C23H21ClN4O3. The molecule has 2 aromatic carbocycles. The van der Waals surface area contributed by atoms with Crippen molar-refractivity contribution in [2.75, 3.05) is 0 Å². The van der Waals surface area contributed by atoms with Gasteiger partial charge in [-0.05, 0) is 30.7 Å². The van der Waals surface area contributed by atoms with E-state index in [1.54, 1.807) is 18.3 Å². The molecule has 2 heterocycles. The first-order chi connectivity index (χ1) is 14.9. The molecule has 0 aliphatic carbocycles. The number of hydrogen-bond donors (Lipinski definition) is 4. The molecule has 7 nitrogen and oxygen atoms in total. The number of aromatic amines is 2. The first-order valence-corrected chi connectivity index (χ1v) is 10.2. The third kappa shape index (κ3) is 4.46. The quantitative estimate of drug-likeness (QED) is 0.352. The number of nitrogens with zero attached hydrogens (tertiary/aromatic N) is 1. The minimum absolute atomic E-state index is 0.0119. The molecule has 4 rings (SSSR count). The summed E-state index contributed by atoms with van der Waals surface area (Å²) in [5.41, 5.74) is 4.71. The van der Waals surface area contributed by atoms with Gasteiger partial charge in [-0.1, -0.05) is 41.9 Å². The highest BCUT2D eigenvalue weighted by atomic mass is 35.5. The molecule has 4 N–H and O–H groups in total. The molecule has 1 atom stereocenters. The molecule has 0 radical (unpaired) electrons. The van der Waals surface area contributed by atoms with Crippen molar-refractivity contribution >= 4 is 34.4 Å². The van der Waals surface area contributed by atoms with Crippen molar-refractivity contribution in [1.82, 2.24) is 20.5 Å². The molecule has 0 aliphatic heterocycles. The lowest BCUT2D eigenvalue weighted by molar-refractivity contribution is -0.141. The van der Waals surface area contributed by atoms with Crippen molar-refractivity contribution in [3.63, 3.8) is 0 Å². The topological polar surface area (TPSA) is 111 Å². The van der Waals surface area contributed by atoms with Crippen molar-refractivity contribution in [3.05, 3.63) is 76.6 Å². The number of aryl methyl sites for hydroxylation is 1. The predicted molar refractivity (Wildman–Crippen MR) is 119 cm³/mol. The van der Waals surface area contributed by atoms with Gasteiger partial charge in [0.05, 0.1) is 12.1 Å². The van der Waals surface area contributed by atoms with Crippen molar-refractivity contribution in [3.8, 4) is 11.3 Å². The number of hydrogen-bond acceptors (Lipinski definition) is 3. The molecule has 8 heteroatoms. The second-order valence-electron chi connectivity index (χ2n) is 7.38. The maximum Gasteiger partial charge on any atom is 0.326 e. The molecule has 0 fully saturated rings. The number of fused-ring (bicyclic) bond motifs is 1. The highest BCUT2D eigenvalue weighted by molar-refractivity contribution is 6.30. The zero-order valence-electron chi connectivity index (χ0n) is 16.8. The Labute approximate surface area is 183 Å². The maximum atomic E-state index is 12.8. The predicted octanol–water partition coefficient (Wildman–Crippen LogP) is 3.87. The summed E-state index contributed by atoms with van der Waals surface area (Å²) in [4.78, 5) is 27.7. The van der Waals surface area contributed by atoms with E-state index in [4.69, 9.17) is 11.6 Å². The van der Waals surface area contributed by atoms with Crippen LogP contribution in [0.25, 0.3) is 22.2 Å². The van der Waals surface area contributed by atoms with Gasteiger partial charge in [0.2, 0.25) is 5.91 Å². The number of nitrogens with one attached hydrogen (secondary N) is 3. The summed E-state index contributed by atoms with van der Waals surface area (Å²) >= 11 is 5.96. The normalized spacial score (nSPS) is 12.1. The van der Waals surface area contributed by atoms with E-state index in [0.717, 1.165) is 33.3 Å². The SMILES string of the molecule is Cc1[nH]nc(-c2ccc(Cl)cc2)c1CC(=O)NC(Cc1c[nH]c2ccccc12)C(=O)O. The van der Waals surface area contributed by atoms with Crippen LogP contribution in [0.15, 0.2) is 54.7 Å². The number of aliphatic carboxylic acids is 1. The van der Waals surface area contributed by atoms with E-state index in [9.17, 15) is 14.7 Å². The van der Waals surface area contributed by atoms with Gasteiger partial charge in [-0.25, -0.2) is 4.79 Å². The molecule has 158 valence electrons. The molecule has 1 amide bonds. The molecule has 0 aliphatic rings. The van der Waals surface area contributed by atoms with Crippen molar-refractivity contribution in [1.29, 1.82) is 0 Å². The van der Waals surface area contributed by atoms with Gasteiger partial charge < -0.3 is 15.4 Å². The molecule has 0 saturated carbocycles. The number of benzene rings is 2. The van der Waals surface area contributed by atoms with Gasteiger partial charge in [-0.3, -0.25) is 9.89 Å². The first kappa shape index (κ1) is 20.7. The van der Waals surface area contributed by atoms with Crippen LogP contribution < -0.4 is 5.32 Å². The second-order valence-corrected chi connectivity index (χ2v) is 7.82. The highest BCUT2D eigenvalue weighted by Crippen LogP contribution is 2.26. The Balaban J connectivity index is 1.51. The smallest absolute Gasteiger partial charge is 0.326 e. The molecule has 0 bridgehead atoms. The minimum atomic E-state index is -1.08. The van der Waals surface area contributed by atoms with Gasteiger partial charge in [0, 0.05) is 45.4 Å². The number of carboxylic acid groups (broad SMARTS) is 1. The van der Waals surface area contributed by atoms with E-state index in [0.29, 0.717) is 10.7 Å². The summed E-state index contributed by atoms with van der Waals surface area (Å²) in [6.07, 6.45) is 1.98. The van der Waals surface area contributed by atoms with E-state index in [1.165, 1.54) is 0 Å². The third-order valence-corrected chi connectivity index (χ3v) is 5.51. The Hall–Kier alpha value is -3.58. The van der Waals surface area contributed by atoms with Crippen LogP contribution in [0.5, 0.6) is 0 Å². The van der Waals surface area contributed by atoms with Crippen LogP contribution in [0, 0.1) is 6.92 Å². The first-order valence-electron chi connectivity index (χ1n) is 9.79. The van der Waals surface area contributed by atoms with Gasteiger partial charge in [-0.2, -0.15) is 5.10 Å². The molecule has 0 saturated heterocycles. The van der Waals surface area contributed by atoms with E-state index >= 15 is 0 Å². The number of carbonyl (C=O) groups is 2. The highest BCUT2D eigenvalue weighted by Gasteiger charge is 2.23. The lowest BCUT2D eigenvalue weighted by Crippen LogP contribution is -2.43. The molecule has 0 spiro atoms. The Morgan fingerprint density at radius 2 is 1.90 bits per heavy atom. The summed E-state index contributed by atoms with van der Waals surface area (Å²) in [7, 11) is 0. The molecule has 31 heavy (non-hydrogen) atoms. The van der Waals surface area contributed by atoms with Crippen LogP contribution in [-0.4, -0.2) is 38.2 Å². The third-order valence-electron chi connectivity index (χ3n) is 5.26. The number of carbonyl (C=O) groups excluding carboxylic acids is 1. The van der Waals surface area contributed by atoms with Crippen LogP contribution in [0.3, 0.4) is 0 Å². The summed E-state index contributed by atoms with van der Waals surface area (Å²) in [5, 5.41) is 21.1. The average Bonchev–Trinajstić information content (AvgIpc) is 3.32. The fourth-order valence-electron chi connectivity index (χ4n) is 3.64. The fourth-order valence-corrected chi connectivity index (χ4v) is 3.77. The zero-order chi connectivity index (χ0) is 22.0. The number of amides is 1. The van der Waals surface area contributed by atoms with Gasteiger partial charge in [0.25, 0.3) is 0 Å². The van der Waals surface area contributed by atoms with Crippen LogP contribution >= 0.6 is 11.6 Å². The Morgan fingerprint density at radius 1 is 1.16 bits per heavy atom.